The lowest BCUT2D eigenvalue weighted by atomic mass is 10.3. The fourth-order valence-corrected chi connectivity index (χ4v) is 2.99. The molecule has 0 spiro atoms. The second-order valence-electron chi connectivity index (χ2n) is 5.17. The van der Waals surface area contributed by atoms with Crippen LogP contribution < -0.4 is 10.2 Å². The van der Waals surface area contributed by atoms with Gasteiger partial charge in [0.05, 0.1) is 6.42 Å². The Balaban J connectivity index is 1.83. The maximum absolute atomic E-state index is 12.0. The van der Waals surface area contributed by atoms with Gasteiger partial charge in [0.15, 0.2) is 6.10 Å². The van der Waals surface area contributed by atoms with Gasteiger partial charge in [0.25, 0.3) is 5.91 Å². The first-order chi connectivity index (χ1) is 11.4. The molecule has 1 unspecified atom stereocenters. The van der Waals surface area contributed by atoms with E-state index in [1.165, 1.54) is 11.5 Å². The number of hydrogen-bond acceptors (Lipinski definition) is 5. The molecule has 2 aromatic rings. The topological polar surface area (TPSA) is 77.4 Å². The highest BCUT2D eigenvalue weighted by molar-refractivity contribution is 9.10. The molecule has 1 atom stereocenters. The standard InChI is InChI=1S/C16H17BrN2O4S/c1-10-9-24-16(22)19(10)8-7-14(20)23-11(2)15(21)18-13-5-3-12(17)4-6-13/h3-6,9,11H,7-8H2,1-2H3,(H,18,21). The molecule has 6 nitrogen and oxygen atoms in total. The third-order valence-corrected chi connectivity index (χ3v) is 4.71. The molecule has 2 rings (SSSR count). The first kappa shape index (κ1) is 18.4. The maximum Gasteiger partial charge on any atom is 0.308 e. The number of halogens is 1. The van der Waals surface area contributed by atoms with E-state index in [1.807, 2.05) is 0 Å². The van der Waals surface area contributed by atoms with E-state index < -0.39 is 18.0 Å². The Hall–Kier alpha value is -1.93. The van der Waals surface area contributed by atoms with Crippen molar-refractivity contribution in [3.05, 3.63) is 49.5 Å². The van der Waals surface area contributed by atoms with Crippen LogP contribution in [-0.4, -0.2) is 22.5 Å². The molecule has 0 radical (unpaired) electrons. The summed E-state index contributed by atoms with van der Waals surface area (Å²) in [5.41, 5.74) is 1.42. The molecule has 1 aromatic heterocycles. The number of rotatable bonds is 6. The summed E-state index contributed by atoms with van der Waals surface area (Å²) >= 11 is 4.40. The molecule has 1 aromatic carbocycles. The zero-order valence-corrected chi connectivity index (χ0v) is 15.6. The van der Waals surface area contributed by atoms with Crippen LogP contribution in [-0.2, 0) is 20.9 Å². The van der Waals surface area contributed by atoms with Gasteiger partial charge < -0.3 is 14.6 Å². The minimum absolute atomic E-state index is 0.0351. The van der Waals surface area contributed by atoms with Crippen molar-refractivity contribution in [1.82, 2.24) is 4.57 Å². The molecule has 0 aliphatic carbocycles. The summed E-state index contributed by atoms with van der Waals surface area (Å²) in [5, 5.41) is 4.41. The lowest BCUT2D eigenvalue weighted by Crippen LogP contribution is -2.30. The predicted molar refractivity (Wildman–Crippen MR) is 96.3 cm³/mol. The number of benzene rings is 1. The van der Waals surface area contributed by atoms with Gasteiger partial charge in [0, 0.05) is 27.8 Å². The predicted octanol–water partition coefficient (Wildman–Crippen LogP) is 2.94. The Morgan fingerprint density at radius 3 is 2.58 bits per heavy atom. The fourth-order valence-electron chi connectivity index (χ4n) is 1.96. The molecule has 0 saturated heterocycles. The monoisotopic (exact) mass is 412 g/mol. The molecule has 128 valence electrons. The second kappa shape index (κ2) is 8.25. The van der Waals surface area contributed by atoms with E-state index in [1.54, 1.807) is 36.6 Å². The highest BCUT2D eigenvalue weighted by Gasteiger charge is 2.18. The molecule has 24 heavy (non-hydrogen) atoms. The number of amides is 1. The summed E-state index contributed by atoms with van der Waals surface area (Å²) in [5.74, 6) is -0.930. The number of ether oxygens (including phenoxy) is 1. The normalized spacial score (nSPS) is 11.8. The van der Waals surface area contributed by atoms with Gasteiger partial charge in [0.2, 0.25) is 0 Å². The molecule has 8 heteroatoms. The third-order valence-electron chi connectivity index (χ3n) is 3.31. The maximum atomic E-state index is 12.0. The van der Waals surface area contributed by atoms with Crippen LogP contribution in [0.4, 0.5) is 5.69 Å². The number of carbonyl (C=O) groups excluding carboxylic acids is 2. The molecule has 1 heterocycles. The molecular formula is C16H17BrN2O4S. The number of carbonyl (C=O) groups is 2. The number of nitrogens with one attached hydrogen (secondary N) is 1. The van der Waals surface area contributed by atoms with Crippen LogP contribution in [0.15, 0.2) is 38.9 Å². The number of aryl methyl sites for hydroxylation is 1. The first-order valence-electron chi connectivity index (χ1n) is 7.27. The van der Waals surface area contributed by atoms with E-state index >= 15 is 0 Å². The highest BCUT2D eigenvalue weighted by Crippen LogP contribution is 2.14. The van der Waals surface area contributed by atoms with E-state index in [9.17, 15) is 14.4 Å². The first-order valence-corrected chi connectivity index (χ1v) is 8.95. The van der Waals surface area contributed by atoms with Crippen molar-refractivity contribution in [1.29, 1.82) is 0 Å². The molecule has 0 saturated carbocycles. The summed E-state index contributed by atoms with van der Waals surface area (Å²) in [4.78, 5) is 35.3. The Bertz CT molecular complexity index is 782. The van der Waals surface area contributed by atoms with Crippen LogP contribution in [0.2, 0.25) is 0 Å². The van der Waals surface area contributed by atoms with E-state index in [0.29, 0.717) is 5.69 Å². The average Bonchev–Trinajstić information content (AvgIpc) is 2.86. The number of anilines is 1. The van der Waals surface area contributed by atoms with Crippen molar-refractivity contribution in [2.75, 3.05) is 5.32 Å². The van der Waals surface area contributed by atoms with Crippen LogP contribution in [0.25, 0.3) is 0 Å². The molecule has 0 aliphatic heterocycles. The molecular weight excluding hydrogens is 396 g/mol. The lowest BCUT2D eigenvalue weighted by Gasteiger charge is -2.14. The zero-order chi connectivity index (χ0) is 17.7. The number of aromatic nitrogens is 1. The van der Waals surface area contributed by atoms with Crippen molar-refractivity contribution in [2.24, 2.45) is 0 Å². The molecule has 1 amide bonds. The van der Waals surface area contributed by atoms with Crippen LogP contribution in [0, 0.1) is 6.92 Å². The third kappa shape index (κ3) is 5.04. The zero-order valence-electron chi connectivity index (χ0n) is 13.2. The number of esters is 1. The summed E-state index contributed by atoms with van der Waals surface area (Å²) in [6.45, 7) is 3.56. The summed E-state index contributed by atoms with van der Waals surface area (Å²) in [6.07, 6.45) is -0.880. The van der Waals surface area contributed by atoms with Crippen molar-refractivity contribution in [3.8, 4) is 0 Å². The van der Waals surface area contributed by atoms with E-state index in [2.05, 4.69) is 21.2 Å². The minimum Gasteiger partial charge on any atom is -0.452 e. The Labute approximate surface area is 151 Å². The van der Waals surface area contributed by atoms with Gasteiger partial charge in [-0.25, -0.2) is 0 Å². The number of thiazole rings is 1. The van der Waals surface area contributed by atoms with Crippen molar-refractivity contribution in [3.63, 3.8) is 0 Å². The number of hydrogen-bond donors (Lipinski definition) is 1. The van der Waals surface area contributed by atoms with Gasteiger partial charge in [0.1, 0.15) is 0 Å². The van der Waals surface area contributed by atoms with E-state index in [4.69, 9.17) is 4.74 Å². The Kier molecular flexibility index (Phi) is 6.33. The fraction of sp³-hybridized carbons (Fsp3) is 0.312. The van der Waals surface area contributed by atoms with Gasteiger partial charge in [-0.15, -0.1) is 0 Å². The summed E-state index contributed by atoms with van der Waals surface area (Å²) in [6, 6.07) is 7.07. The van der Waals surface area contributed by atoms with Crippen LogP contribution >= 0.6 is 27.3 Å². The van der Waals surface area contributed by atoms with E-state index in [-0.39, 0.29) is 17.8 Å². The second-order valence-corrected chi connectivity index (χ2v) is 6.91. The highest BCUT2D eigenvalue weighted by atomic mass is 79.9. The smallest absolute Gasteiger partial charge is 0.308 e. The largest absolute Gasteiger partial charge is 0.452 e. The van der Waals surface area contributed by atoms with Gasteiger partial charge in [-0.05, 0) is 38.1 Å². The van der Waals surface area contributed by atoms with Crippen LogP contribution in [0.3, 0.4) is 0 Å². The van der Waals surface area contributed by atoms with Gasteiger partial charge in [-0.3, -0.25) is 14.4 Å². The molecule has 0 fully saturated rings. The quantitative estimate of drug-likeness (QED) is 0.739. The summed E-state index contributed by atoms with van der Waals surface area (Å²) < 4.78 is 7.53. The van der Waals surface area contributed by atoms with Gasteiger partial charge in [-0.2, -0.15) is 0 Å². The van der Waals surface area contributed by atoms with Crippen molar-refractivity contribution < 1.29 is 14.3 Å². The molecule has 0 aliphatic rings. The van der Waals surface area contributed by atoms with Crippen molar-refractivity contribution in [2.45, 2.75) is 32.9 Å². The van der Waals surface area contributed by atoms with E-state index in [0.717, 1.165) is 21.5 Å². The lowest BCUT2D eigenvalue weighted by molar-refractivity contribution is -0.153. The van der Waals surface area contributed by atoms with Gasteiger partial charge >= 0.3 is 10.8 Å². The molecule has 0 bridgehead atoms. The Morgan fingerprint density at radius 1 is 1.33 bits per heavy atom. The van der Waals surface area contributed by atoms with Crippen LogP contribution in [0.1, 0.15) is 19.0 Å². The molecule has 1 N–H and O–H groups in total. The Morgan fingerprint density at radius 2 is 2.00 bits per heavy atom. The van der Waals surface area contributed by atoms with Crippen LogP contribution in [0.5, 0.6) is 0 Å². The van der Waals surface area contributed by atoms with Gasteiger partial charge in [-0.1, -0.05) is 27.3 Å². The average molecular weight is 413 g/mol. The summed E-state index contributed by atoms with van der Waals surface area (Å²) in [7, 11) is 0. The minimum atomic E-state index is -0.915. The number of nitrogens with zero attached hydrogens (tertiary/aromatic N) is 1. The van der Waals surface area contributed by atoms with Crippen molar-refractivity contribution >= 4 is 44.8 Å². The SMILES string of the molecule is Cc1csc(=O)n1CCC(=O)OC(C)C(=O)Nc1ccc(Br)cc1.